The Morgan fingerprint density at radius 2 is 1.89 bits per heavy atom. The third kappa shape index (κ3) is 5.49. The van der Waals surface area contributed by atoms with Gasteiger partial charge < -0.3 is 14.8 Å². The van der Waals surface area contributed by atoms with Gasteiger partial charge in [0, 0.05) is 38.4 Å². The number of dihydropyridines is 1. The summed E-state index contributed by atoms with van der Waals surface area (Å²) in [6.07, 6.45) is 1.13. The second-order valence-electron chi connectivity index (χ2n) is 9.75. The van der Waals surface area contributed by atoms with Crippen molar-refractivity contribution >= 4 is 39.3 Å². The van der Waals surface area contributed by atoms with Crippen LogP contribution in [0.5, 0.6) is 5.75 Å². The zero-order chi connectivity index (χ0) is 25.3. The van der Waals surface area contributed by atoms with Gasteiger partial charge in [-0.3, -0.25) is 4.79 Å². The number of nitrogens with one attached hydrogen (secondary N) is 1. The van der Waals surface area contributed by atoms with E-state index >= 15 is 0 Å². The van der Waals surface area contributed by atoms with Gasteiger partial charge in [-0.15, -0.1) is 0 Å². The molecule has 1 N–H and O–H groups in total. The number of hydrogen-bond donors (Lipinski definition) is 1. The molecule has 7 heteroatoms. The summed E-state index contributed by atoms with van der Waals surface area (Å²) >= 11 is 9.59. The zero-order valence-corrected chi connectivity index (χ0v) is 22.7. The molecule has 2 aromatic carbocycles. The van der Waals surface area contributed by atoms with Crippen LogP contribution in [0.25, 0.3) is 0 Å². The highest BCUT2D eigenvalue weighted by Crippen LogP contribution is 2.49. The van der Waals surface area contributed by atoms with Crippen molar-refractivity contribution in [3.8, 4) is 5.75 Å². The summed E-state index contributed by atoms with van der Waals surface area (Å²) in [5.41, 5.74) is 4.16. The molecule has 0 saturated carbocycles. The predicted octanol–water partition coefficient (Wildman–Crippen LogP) is 6.85. The summed E-state index contributed by atoms with van der Waals surface area (Å²) in [6.45, 7) is 8.38. The number of carbonyl (C=O) groups is 2. The summed E-state index contributed by atoms with van der Waals surface area (Å²) in [6, 6.07) is 13.1. The molecule has 0 spiro atoms. The average molecular weight is 559 g/mol. The number of esters is 1. The zero-order valence-electron chi connectivity index (χ0n) is 20.3. The van der Waals surface area contributed by atoms with E-state index in [4.69, 9.17) is 21.1 Å². The van der Waals surface area contributed by atoms with Crippen molar-refractivity contribution in [2.45, 2.75) is 53.1 Å². The Morgan fingerprint density at radius 3 is 2.57 bits per heavy atom. The van der Waals surface area contributed by atoms with E-state index in [1.165, 1.54) is 0 Å². The van der Waals surface area contributed by atoms with Gasteiger partial charge in [-0.2, -0.15) is 0 Å². The molecule has 35 heavy (non-hydrogen) atoms. The Morgan fingerprint density at radius 1 is 1.17 bits per heavy atom. The molecule has 0 saturated heterocycles. The number of rotatable bonds is 6. The maximum absolute atomic E-state index is 13.5. The lowest BCUT2D eigenvalue weighted by atomic mass is 9.68. The van der Waals surface area contributed by atoms with Crippen molar-refractivity contribution in [3.63, 3.8) is 0 Å². The number of carbonyl (C=O) groups excluding carboxylic acids is 2. The van der Waals surface area contributed by atoms with Crippen LogP contribution in [0.15, 0.2) is 69.5 Å². The molecular formula is C28H29BrClNO4. The second-order valence-corrected chi connectivity index (χ2v) is 11.1. The lowest BCUT2D eigenvalue weighted by Crippen LogP contribution is -2.38. The Bertz CT molecular complexity index is 1230. The fourth-order valence-electron chi connectivity index (χ4n) is 4.84. The Balaban J connectivity index is 1.83. The Hall–Kier alpha value is -2.57. The third-order valence-corrected chi connectivity index (χ3v) is 7.07. The first-order valence-electron chi connectivity index (χ1n) is 11.7. The van der Waals surface area contributed by atoms with Crippen LogP contribution in [0, 0.1) is 5.41 Å². The van der Waals surface area contributed by atoms with Crippen LogP contribution >= 0.6 is 27.5 Å². The minimum Gasteiger partial charge on any atom is -0.489 e. The molecule has 184 valence electrons. The molecule has 0 unspecified atom stereocenters. The van der Waals surface area contributed by atoms with Gasteiger partial charge in [-0.1, -0.05) is 53.5 Å². The molecule has 2 aliphatic rings. The fourth-order valence-corrected chi connectivity index (χ4v) is 5.35. The van der Waals surface area contributed by atoms with Crippen LogP contribution in [-0.4, -0.2) is 18.4 Å². The Kier molecular flexibility index (Phi) is 7.43. The minimum absolute atomic E-state index is 0.0340. The molecule has 0 bridgehead atoms. The smallest absolute Gasteiger partial charge is 0.336 e. The first kappa shape index (κ1) is 25.5. The van der Waals surface area contributed by atoms with Gasteiger partial charge in [0.25, 0.3) is 0 Å². The van der Waals surface area contributed by atoms with Crippen molar-refractivity contribution in [3.05, 3.63) is 85.6 Å². The highest BCUT2D eigenvalue weighted by molar-refractivity contribution is 9.10. The van der Waals surface area contributed by atoms with Crippen molar-refractivity contribution in [1.82, 2.24) is 5.32 Å². The Labute approximate surface area is 219 Å². The van der Waals surface area contributed by atoms with E-state index in [0.717, 1.165) is 21.3 Å². The SMILES string of the molecule is CCOC(=O)C1=C(C)NC2=C(C(=O)CC(C)(C)C2)[C@H]1c1cc(Br)ccc1OCc1ccc(Cl)cc1. The number of halogens is 2. The molecule has 2 aromatic rings. The molecule has 1 aliphatic heterocycles. The van der Waals surface area contributed by atoms with E-state index in [9.17, 15) is 9.59 Å². The largest absolute Gasteiger partial charge is 0.489 e. The van der Waals surface area contributed by atoms with Crippen molar-refractivity contribution < 1.29 is 19.1 Å². The van der Waals surface area contributed by atoms with Gasteiger partial charge >= 0.3 is 5.97 Å². The molecular weight excluding hydrogens is 530 g/mol. The topological polar surface area (TPSA) is 64.6 Å². The van der Waals surface area contributed by atoms with Gasteiger partial charge in [0.2, 0.25) is 0 Å². The van der Waals surface area contributed by atoms with Gasteiger partial charge in [0.15, 0.2) is 5.78 Å². The van der Waals surface area contributed by atoms with E-state index in [1.54, 1.807) is 6.92 Å². The average Bonchev–Trinajstić information content (AvgIpc) is 2.77. The van der Waals surface area contributed by atoms with Crippen molar-refractivity contribution in [2.75, 3.05) is 6.61 Å². The number of hydrogen-bond acceptors (Lipinski definition) is 5. The number of Topliss-reactive ketones (excluding diaryl/α,β-unsaturated/α-hetero) is 1. The molecule has 0 aromatic heterocycles. The van der Waals surface area contributed by atoms with Crippen LogP contribution in [0.1, 0.15) is 57.6 Å². The number of benzene rings is 2. The van der Waals surface area contributed by atoms with Gasteiger partial charge in [0.1, 0.15) is 12.4 Å². The van der Waals surface area contributed by atoms with Crippen LogP contribution in [0.3, 0.4) is 0 Å². The van der Waals surface area contributed by atoms with E-state index in [2.05, 4.69) is 35.1 Å². The standard InChI is InChI=1S/C28H29BrClNO4/c1-5-34-27(33)24-16(2)31-21-13-28(3,4)14-22(32)26(21)25(24)20-12-18(29)8-11-23(20)35-15-17-6-9-19(30)10-7-17/h6-12,25,31H,5,13-15H2,1-4H3/t25-/m0/s1. The molecule has 1 aliphatic carbocycles. The highest BCUT2D eigenvalue weighted by atomic mass is 79.9. The molecule has 0 fully saturated rings. The monoisotopic (exact) mass is 557 g/mol. The summed E-state index contributed by atoms with van der Waals surface area (Å²) in [5.74, 6) is -0.386. The normalized spacial score (nSPS) is 19.3. The first-order valence-corrected chi connectivity index (χ1v) is 12.8. The summed E-state index contributed by atoms with van der Waals surface area (Å²) in [5, 5.41) is 4.02. The molecule has 5 nitrogen and oxygen atoms in total. The van der Waals surface area contributed by atoms with Crippen LogP contribution in [-0.2, 0) is 20.9 Å². The van der Waals surface area contributed by atoms with Gasteiger partial charge in [-0.05, 0) is 61.6 Å². The molecule has 0 amide bonds. The maximum atomic E-state index is 13.5. The van der Waals surface area contributed by atoms with E-state index in [-0.39, 0.29) is 17.8 Å². The number of ether oxygens (including phenoxy) is 2. The quantitative estimate of drug-likeness (QED) is 0.393. The van der Waals surface area contributed by atoms with E-state index < -0.39 is 11.9 Å². The summed E-state index contributed by atoms with van der Waals surface area (Å²) in [7, 11) is 0. The summed E-state index contributed by atoms with van der Waals surface area (Å²) in [4.78, 5) is 26.7. The first-order chi connectivity index (χ1) is 16.6. The van der Waals surface area contributed by atoms with Crippen LogP contribution < -0.4 is 10.1 Å². The molecule has 0 radical (unpaired) electrons. The number of allylic oxidation sites excluding steroid dienone is 3. The minimum atomic E-state index is -0.591. The molecule has 1 heterocycles. The molecule has 1 atom stereocenters. The lowest BCUT2D eigenvalue weighted by Gasteiger charge is -2.39. The van der Waals surface area contributed by atoms with E-state index in [0.29, 0.717) is 47.1 Å². The lowest BCUT2D eigenvalue weighted by molar-refractivity contribution is -0.138. The molecule has 4 rings (SSSR count). The number of ketones is 1. The van der Waals surface area contributed by atoms with Crippen LogP contribution in [0.4, 0.5) is 0 Å². The fraction of sp³-hybridized carbons (Fsp3) is 0.357. The predicted molar refractivity (Wildman–Crippen MR) is 140 cm³/mol. The van der Waals surface area contributed by atoms with Gasteiger partial charge in [0.05, 0.1) is 18.1 Å². The van der Waals surface area contributed by atoms with Crippen molar-refractivity contribution in [2.24, 2.45) is 5.41 Å². The maximum Gasteiger partial charge on any atom is 0.336 e. The van der Waals surface area contributed by atoms with Crippen LogP contribution in [0.2, 0.25) is 5.02 Å². The van der Waals surface area contributed by atoms with E-state index in [1.807, 2.05) is 49.4 Å². The highest BCUT2D eigenvalue weighted by Gasteiger charge is 2.44. The second kappa shape index (κ2) is 10.2. The summed E-state index contributed by atoms with van der Waals surface area (Å²) < 4.78 is 12.5. The van der Waals surface area contributed by atoms with Crippen molar-refractivity contribution in [1.29, 1.82) is 0 Å². The third-order valence-electron chi connectivity index (χ3n) is 6.33. The van der Waals surface area contributed by atoms with Gasteiger partial charge in [-0.25, -0.2) is 4.79 Å².